The summed E-state index contributed by atoms with van der Waals surface area (Å²) in [6.07, 6.45) is 0. The number of carbonyl (C=O) groups excluding carboxylic acids is 1. The normalized spacial score (nSPS) is 9.50. The quantitative estimate of drug-likeness (QED) is 0.747. The fraction of sp³-hybridized carbons (Fsp3) is 0.111. The van der Waals surface area contributed by atoms with Gasteiger partial charge in [0.1, 0.15) is 0 Å². The average Bonchev–Trinajstić information content (AvgIpc) is 2.18. The van der Waals surface area contributed by atoms with Gasteiger partial charge < -0.3 is 9.84 Å². The number of alkyl halides is 1. The standard InChI is InChI=1S/C9H7FO4/c10-5-14-9(13)7-3-1-6(2-4-7)8(11)12/h1-4H,5H2,(H,11,12). The van der Waals surface area contributed by atoms with E-state index in [0.29, 0.717) is 0 Å². The van der Waals surface area contributed by atoms with E-state index in [0.717, 1.165) is 0 Å². The van der Waals surface area contributed by atoms with Gasteiger partial charge in [-0.1, -0.05) is 0 Å². The Bertz CT molecular complexity index is 344. The third-order valence-electron chi connectivity index (χ3n) is 1.55. The lowest BCUT2D eigenvalue weighted by Gasteiger charge is -1.99. The van der Waals surface area contributed by atoms with E-state index in [1.807, 2.05) is 0 Å². The maximum absolute atomic E-state index is 11.6. The largest absolute Gasteiger partial charge is 0.478 e. The molecule has 0 bridgehead atoms. The Morgan fingerprint density at radius 2 is 1.71 bits per heavy atom. The van der Waals surface area contributed by atoms with Crippen molar-refractivity contribution in [1.29, 1.82) is 0 Å². The minimum Gasteiger partial charge on any atom is -0.478 e. The zero-order valence-corrected chi connectivity index (χ0v) is 7.07. The highest BCUT2D eigenvalue weighted by atomic mass is 19.1. The predicted octanol–water partition coefficient (Wildman–Crippen LogP) is 1.47. The van der Waals surface area contributed by atoms with Crippen molar-refractivity contribution >= 4 is 11.9 Å². The topological polar surface area (TPSA) is 63.6 Å². The number of rotatable bonds is 3. The number of carboxylic acids is 1. The summed E-state index contributed by atoms with van der Waals surface area (Å²) in [5.41, 5.74) is 0.175. The Kier molecular flexibility index (Phi) is 3.17. The van der Waals surface area contributed by atoms with E-state index in [1.165, 1.54) is 24.3 Å². The van der Waals surface area contributed by atoms with Crippen molar-refractivity contribution in [1.82, 2.24) is 0 Å². The molecule has 0 saturated heterocycles. The minimum absolute atomic E-state index is 0.0572. The monoisotopic (exact) mass is 198 g/mol. The molecule has 4 nitrogen and oxygen atoms in total. The van der Waals surface area contributed by atoms with E-state index in [2.05, 4.69) is 4.74 Å². The van der Waals surface area contributed by atoms with Crippen molar-refractivity contribution in [2.45, 2.75) is 0 Å². The molecule has 0 unspecified atom stereocenters. The first-order chi connectivity index (χ1) is 6.65. The molecule has 0 fully saturated rings. The molecule has 0 aliphatic carbocycles. The van der Waals surface area contributed by atoms with Gasteiger partial charge in [0.25, 0.3) is 0 Å². The number of halogens is 1. The van der Waals surface area contributed by atoms with Crippen LogP contribution >= 0.6 is 0 Å². The summed E-state index contributed by atoms with van der Waals surface area (Å²) < 4.78 is 15.7. The van der Waals surface area contributed by atoms with Crippen molar-refractivity contribution in [3.8, 4) is 0 Å². The van der Waals surface area contributed by atoms with Gasteiger partial charge >= 0.3 is 11.9 Å². The molecule has 1 aromatic rings. The minimum atomic E-state index is -1.19. The lowest BCUT2D eigenvalue weighted by Crippen LogP contribution is -2.04. The molecule has 5 heteroatoms. The smallest absolute Gasteiger partial charge is 0.340 e. The highest BCUT2D eigenvalue weighted by Gasteiger charge is 2.08. The molecule has 0 amide bonds. The molecule has 0 spiro atoms. The van der Waals surface area contributed by atoms with Crippen LogP contribution in [-0.4, -0.2) is 23.9 Å². The van der Waals surface area contributed by atoms with Gasteiger partial charge in [0.2, 0.25) is 6.86 Å². The zero-order valence-electron chi connectivity index (χ0n) is 7.07. The lowest BCUT2D eigenvalue weighted by atomic mass is 10.1. The number of ether oxygens (including phenoxy) is 1. The molecular formula is C9H7FO4. The Morgan fingerprint density at radius 1 is 1.21 bits per heavy atom. The van der Waals surface area contributed by atoms with Crippen LogP contribution in [0.15, 0.2) is 24.3 Å². The van der Waals surface area contributed by atoms with Crippen molar-refractivity contribution in [3.05, 3.63) is 35.4 Å². The van der Waals surface area contributed by atoms with Crippen molar-refractivity contribution in [3.63, 3.8) is 0 Å². The van der Waals surface area contributed by atoms with Crippen LogP contribution in [0.1, 0.15) is 20.7 Å². The number of carbonyl (C=O) groups is 2. The molecule has 0 aliphatic heterocycles. The molecule has 1 aromatic carbocycles. The van der Waals surface area contributed by atoms with E-state index < -0.39 is 18.8 Å². The molecule has 0 heterocycles. The second kappa shape index (κ2) is 4.36. The average molecular weight is 198 g/mol. The van der Waals surface area contributed by atoms with E-state index in [4.69, 9.17) is 5.11 Å². The Labute approximate surface area is 78.9 Å². The van der Waals surface area contributed by atoms with Crippen LogP contribution in [-0.2, 0) is 4.74 Å². The number of hydrogen-bond acceptors (Lipinski definition) is 3. The van der Waals surface area contributed by atoms with Crippen LogP contribution in [0, 0.1) is 0 Å². The van der Waals surface area contributed by atoms with Gasteiger partial charge in [0, 0.05) is 0 Å². The van der Waals surface area contributed by atoms with Crippen LogP contribution < -0.4 is 0 Å². The van der Waals surface area contributed by atoms with Crippen LogP contribution in [0.4, 0.5) is 4.39 Å². The third kappa shape index (κ3) is 2.29. The van der Waals surface area contributed by atoms with Gasteiger partial charge in [0.15, 0.2) is 0 Å². The van der Waals surface area contributed by atoms with Gasteiger partial charge in [-0.3, -0.25) is 0 Å². The second-order valence-corrected chi connectivity index (χ2v) is 2.42. The highest BCUT2D eigenvalue weighted by Crippen LogP contribution is 2.05. The fourth-order valence-corrected chi connectivity index (χ4v) is 0.882. The molecule has 0 saturated carbocycles. The summed E-state index contributed by atoms with van der Waals surface area (Å²) in [5, 5.41) is 8.54. The second-order valence-electron chi connectivity index (χ2n) is 2.42. The molecule has 0 atom stereocenters. The van der Waals surface area contributed by atoms with Gasteiger partial charge in [-0.2, -0.15) is 0 Å². The molecule has 0 aliphatic rings. The first kappa shape index (κ1) is 10.2. The number of benzene rings is 1. The Balaban J connectivity index is 2.83. The first-order valence-corrected chi connectivity index (χ1v) is 3.71. The SMILES string of the molecule is O=C(O)c1ccc(C(=O)OCF)cc1. The van der Waals surface area contributed by atoms with Gasteiger partial charge in [-0.15, -0.1) is 0 Å². The molecule has 1 N–H and O–H groups in total. The number of esters is 1. The van der Waals surface area contributed by atoms with Crippen LogP contribution in [0.5, 0.6) is 0 Å². The van der Waals surface area contributed by atoms with E-state index in [9.17, 15) is 14.0 Å². The number of carboxylic acid groups (broad SMARTS) is 1. The fourth-order valence-electron chi connectivity index (χ4n) is 0.882. The predicted molar refractivity (Wildman–Crippen MR) is 44.8 cm³/mol. The lowest BCUT2D eigenvalue weighted by molar-refractivity contribution is 0.0323. The maximum atomic E-state index is 11.6. The summed E-state index contributed by atoms with van der Waals surface area (Å²) in [5.74, 6) is -1.90. The van der Waals surface area contributed by atoms with Gasteiger partial charge in [0.05, 0.1) is 11.1 Å². The van der Waals surface area contributed by atoms with Crippen molar-refractivity contribution < 1.29 is 23.8 Å². The van der Waals surface area contributed by atoms with Gasteiger partial charge in [-0.05, 0) is 24.3 Å². The van der Waals surface area contributed by atoms with E-state index in [-0.39, 0.29) is 11.1 Å². The molecule has 1 rings (SSSR count). The van der Waals surface area contributed by atoms with E-state index >= 15 is 0 Å². The van der Waals surface area contributed by atoms with Crippen LogP contribution in [0.25, 0.3) is 0 Å². The van der Waals surface area contributed by atoms with E-state index in [1.54, 1.807) is 0 Å². The molecule has 14 heavy (non-hydrogen) atoms. The van der Waals surface area contributed by atoms with Crippen molar-refractivity contribution in [2.24, 2.45) is 0 Å². The number of hydrogen-bond donors (Lipinski definition) is 1. The zero-order chi connectivity index (χ0) is 10.6. The third-order valence-corrected chi connectivity index (χ3v) is 1.55. The molecule has 0 aromatic heterocycles. The summed E-state index contributed by atoms with van der Waals surface area (Å²) in [6, 6.07) is 5.03. The number of aromatic carboxylic acids is 1. The first-order valence-electron chi connectivity index (χ1n) is 3.71. The molecule has 74 valence electrons. The van der Waals surface area contributed by atoms with Crippen LogP contribution in [0.3, 0.4) is 0 Å². The summed E-state index contributed by atoms with van der Waals surface area (Å²) in [6.45, 7) is -1.19. The Hall–Kier alpha value is -1.91. The summed E-state index contributed by atoms with van der Waals surface area (Å²) in [7, 11) is 0. The molecular weight excluding hydrogens is 191 g/mol. The molecule has 0 radical (unpaired) electrons. The summed E-state index contributed by atoms with van der Waals surface area (Å²) in [4.78, 5) is 21.3. The van der Waals surface area contributed by atoms with Crippen LogP contribution in [0.2, 0.25) is 0 Å². The van der Waals surface area contributed by atoms with Gasteiger partial charge in [-0.25, -0.2) is 14.0 Å². The maximum Gasteiger partial charge on any atom is 0.340 e. The summed E-state index contributed by atoms with van der Waals surface area (Å²) >= 11 is 0. The highest BCUT2D eigenvalue weighted by molar-refractivity contribution is 5.92. The Morgan fingerprint density at radius 3 is 2.14 bits per heavy atom. The van der Waals surface area contributed by atoms with Crippen molar-refractivity contribution in [2.75, 3.05) is 6.86 Å².